The summed E-state index contributed by atoms with van der Waals surface area (Å²) in [6.45, 7) is 6.49. The van der Waals surface area contributed by atoms with Gasteiger partial charge in [-0.1, -0.05) is 26.8 Å². The van der Waals surface area contributed by atoms with E-state index in [1.165, 1.54) is 0 Å². The molecule has 2 aromatic rings. The molecular formula is C12H16N2O. The molecule has 0 aromatic carbocycles. The molecule has 0 unspecified atom stereocenters. The van der Waals surface area contributed by atoms with Crippen LogP contribution < -0.4 is 0 Å². The first-order valence-electron chi connectivity index (χ1n) is 5.10. The predicted molar refractivity (Wildman–Crippen MR) is 59.8 cm³/mol. The van der Waals surface area contributed by atoms with Gasteiger partial charge in [-0.25, -0.2) is 4.98 Å². The van der Waals surface area contributed by atoms with Crippen LogP contribution in [0.15, 0.2) is 24.5 Å². The molecule has 0 aliphatic heterocycles. The third-order valence-corrected chi connectivity index (χ3v) is 2.46. The molecule has 0 aliphatic rings. The van der Waals surface area contributed by atoms with Crippen LogP contribution in [0.5, 0.6) is 0 Å². The molecular weight excluding hydrogens is 188 g/mol. The first kappa shape index (κ1) is 10.2. The standard InChI is InChI=1S/C12H16N2O/c1-12(2,3)10-7-14-6-9(8-15)4-5-11(14)13-10/h4-7,15H,8H2,1-3H3. The van der Waals surface area contributed by atoms with Gasteiger partial charge in [-0.15, -0.1) is 0 Å². The average molecular weight is 204 g/mol. The summed E-state index contributed by atoms with van der Waals surface area (Å²) in [5.74, 6) is 0. The number of aliphatic hydroxyl groups excluding tert-OH is 1. The third-order valence-electron chi connectivity index (χ3n) is 2.46. The van der Waals surface area contributed by atoms with Crippen LogP contribution in [-0.4, -0.2) is 14.5 Å². The summed E-state index contributed by atoms with van der Waals surface area (Å²) in [7, 11) is 0. The minimum Gasteiger partial charge on any atom is -0.392 e. The second-order valence-corrected chi connectivity index (χ2v) is 4.84. The molecule has 2 heterocycles. The van der Waals surface area contributed by atoms with Crippen LogP contribution in [0.3, 0.4) is 0 Å². The molecule has 0 radical (unpaired) electrons. The van der Waals surface area contributed by atoms with Crippen molar-refractivity contribution in [3.05, 3.63) is 35.8 Å². The number of hydrogen-bond acceptors (Lipinski definition) is 2. The molecule has 80 valence electrons. The summed E-state index contributed by atoms with van der Waals surface area (Å²) in [5, 5.41) is 9.03. The lowest BCUT2D eigenvalue weighted by molar-refractivity contribution is 0.281. The quantitative estimate of drug-likeness (QED) is 0.772. The molecule has 3 heteroatoms. The maximum atomic E-state index is 9.03. The van der Waals surface area contributed by atoms with Gasteiger partial charge in [-0.3, -0.25) is 0 Å². The Kier molecular flexibility index (Phi) is 2.27. The third kappa shape index (κ3) is 1.88. The van der Waals surface area contributed by atoms with E-state index in [-0.39, 0.29) is 12.0 Å². The maximum Gasteiger partial charge on any atom is 0.137 e. The van der Waals surface area contributed by atoms with Gasteiger partial charge in [0.1, 0.15) is 5.65 Å². The molecule has 0 spiro atoms. The molecule has 0 saturated carbocycles. The predicted octanol–water partition coefficient (Wildman–Crippen LogP) is 2.12. The van der Waals surface area contributed by atoms with Crippen molar-refractivity contribution in [3.8, 4) is 0 Å². The van der Waals surface area contributed by atoms with Crippen molar-refractivity contribution in [2.75, 3.05) is 0 Å². The minimum absolute atomic E-state index is 0.0609. The molecule has 0 saturated heterocycles. The fourth-order valence-electron chi connectivity index (χ4n) is 1.49. The molecule has 2 aromatic heterocycles. The van der Waals surface area contributed by atoms with Gasteiger partial charge in [0, 0.05) is 17.8 Å². The van der Waals surface area contributed by atoms with Gasteiger partial charge in [0.2, 0.25) is 0 Å². The van der Waals surface area contributed by atoms with E-state index in [2.05, 4.69) is 25.8 Å². The highest BCUT2D eigenvalue weighted by Gasteiger charge is 2.17. The number of nitrogens with zero attached hydrogens (tertiary/aromatic N) is 2. The fourth-order valence-corrected chi connectivity index (χ4v) is 1.49. The Bertz CT molecular complexity index is 480. The summed E-state index contributed by atoms with van der Waals surface area (Å²) in [6.07, 6.45) is 3.94. The Morgan fingerprint density at radius 3 is 2.60 bits per heavy atom. The Labute approximate surface area is 89.4 Å². The summed E-state index contributed by atoms with van der Waals surface area (Å²) in [4.78, 5) is 4.54. The largest absolute Gasteiger partial charge is 0.392 e. The van der Waals surface area contributed by atoms with E-state index >= 15 is 0 Å². The Hall–Kier alpha value is -1.35. The van der Waals surface area contributed by atoms with E-state index < -0.39 is 0 Å². The highest BCUT2D eigenvalue weighted by molar-refractivity contribution is 5.42. The van der Waals surface area contributed by atoms with E-state index in [0.717, 1.165) is 16.9 Å². The number of imidazole rings is 1. The van der Waals surface area contributed by atoms with Gasteiger partial charge >= 0.3 is 0 Å². The first-order valence-corrected chi connectivity index (χ1v) is 5.10. The Morgan fingerprint density at radius 1 is 1.27 bits per heavy atom. The summed E-state index contributed by atoms with van der Waals surface area (Å²) < 4.78 is 1.96. The molecule has 0 bridgehead atoms. The fraction of sp³-hybridized carbons (Fsp3) is 0.417. The van der Waals surface area contributed by atoms with Crippen LogP contribution in [-0.2, 0) is 12.0 Å². The molecule has 2 rings (SSSR count). The monoisotopic (exact) mass is 204 g/mol. The van der Waals surface area contributed by atoms with Crippen molar-refractivity contribution in [3.63, 3.8) is 0 Å². The van der Waals surface area contributed by atoms with E-state index in [1.54, 1.807) is 0 Å². The number of fused-ring (bicyclic) bond motifs is 1. The van der Waals surface area contributed by atoms with E-state index in [4.69, 9.17) is 5.11 Å². The average Bonchev–Trinajstić information content (AvgIpc) is 2.59. The van der Waals surface area contributed by atoms with Gasteiger partial charge in [0.25, 0.3) is 0 Å². The van der Waals surface area contributed by atoms with E-state index in [9.17, 15) is 0 Å². The Balaban J connectivity index is 2.56. The van der Waals surface area contributed by atoms with Gasteiger partial charge in [0.15, 0.2) is 0 Å². The van der Waals surface area contributed by atoms with E-state index in [1.807, 2.05) is 28.9 Å². The molecule has 0 amide bonds. The van der Waals surface area contributed by atoms with Crippen LogP contribution in [0.25, 0.3) is 5.65 Å². The van der Waals surface area contributed by atoms with Crippen LogP contribution >= 0.6 is 0 Å². The second kappa shape index (κ2) is 3.35. The van der Waals surface area contributed by atoms with Crippen LogP contribution in [0.2, 0.25) is 0 Å². The zero-order valence-electron chi connectivity index (χ0n) is 9.36. The molecule has 3 nitrogen and oxygen atoms in total. The van der Waals surface area contributed by atoms with Gasteiger partial charge in [0.05, 0.1) is 12.3 Å². The van der Waals surface area contributed by atoms with Crippen LogP contribution in [0, 0.1) is 0 Å². The van der Waals surface area contributed by atoms with Crippen molar-refractivity contribution in [1.29, 1.82) is 0 Å². The van der Waals surface area contributed by atoms with Crippen LogP contribution in [0.1, 0.15) is 32.0 Å². The van der Waals surface area contributed by atoms with Crippen LogP contribution in [0.4, 0.5) is 0 Å². The molecule has 15 heavy (non-hydrogen) atoms. The van der Waals surface area contributed by atoms with E-state index in [0.29, 0.717) is 0 Å². The zero-order valence-corrected chi connectivity index (χ0v) is 9.36. The van der Waals surface area contributed by atoms with Gasteiger partial charge < -0.3 is 9.51 Å². The van der Waals surface area contributed by atoms with Crippen molar-refractivity contribution in [2.45, 2.75) is 32.8 Å². The first-order chi connectivity index (χ1) is 7.00. The summed E-state index contributed by atoms with van der Waals surface area (Å²) in [6, 6.07) is 3.83. The number of aliphatic hydroxyl groups is 1. The molecule has 0 atom stereocenters. The normalized spacial score (nSPS) is 12.3. The molecule has 0 aliphatic carbocycles. The minimum atomic E-state index is 0.0609. The molecule has 1 N–H and O–H groups in total. The lowest BCUT2D eigenvalue weighted by Crippen LogP contribution is -2.11. The number of hydrogen-bond donors (Lipinski definition) is 1. The smallest absolute Gasteiger partial charge is 0.137 e. The highest BCUT2D eigenvalue weighted by atomic mass is 16.3. The maximum absolute atomic E-state index is 9.03. The van der Waals surface area contributed by atoms with Crippen molar-refractivity contribution in [2.24, 2.45) is 0 Å². The number of rotatable bonds is 1. The van der Waals surface area contributed by atoms with Crippen molar-refractivity contribution < 1.29 is 5.11 Å². The molecule has 0 fully saturated rings. The lowest BCUT2D eigenvalue weighted by atomic mass is 9.93. The topological polar surface area (TPSA) is 37.5 Å². The second-order valence-electron chi connectivity index (χ2n) is 4.84. The zero-order chi connectivity index (χ0) is 11.1. The van der Waals surface area contributed by atoms with Gasteiger partial charge in [-0.05, 0) is 11.6 Å². The van der Waals surface area contributed by atoms with Crippen molar-refractivity contribution in [1.82, 2.24) is 9.38 Å². The highest BCUT2D eigenvalue weighted by Crippen LogP contribution is 2.21. The Morgan fingerprint density at radius 2 is 2.00 bits per heavy atom. The lowest BCUT2D eigenvalue weighted by Gasteiger charge is -2.13. The van der Waals surface area contributed by atoms with Gasteiger partial charge in [-0.2, -0.15) is 0 Å². The summed E-state index contributed by atoms with van der Waals surface area (Å²) in [5.41, 5.74) is 2.96. The number of pyridine rings is 1. The summed E-state index contributed by atoms with van der Waals surface area (Å²) >= 11 is 0. The van der Waals surface area contributed by atoms with Crippen molar-refractivity contribution >= 4 is 5.65 Å². The number of aromatic nitrogens is 2. The SMILES string of the molecule is CC(C)(C)c1cn2cc(CO)ccc2n1.